The summed E-state index contributed by atoms with van der Waals surface area (Å²) in [7, 11) is -3.91. The molecule has 0 radical (unpaired) electrons. The number of nitrogens with one attached hydrogen (secondary N) is 2. The lowest BCUT2D eigenvalue weighted by atomic mass is 10.3. The molecule has 2 heterocycles. The smallest absolute Gasteiger partial charge is 0.324 e. The molecule has 0 bridgehead atoms. The molecule has 0 fully saturated rings. The second-order valence-corrected chi connectivity index (χ2v) is 8.79. The van der Waals surface area contributed by atoms with Crippen LogP contribution < -0.4 is 10.0 Å². The van der Waals surface area contributed by atoms with E-state index in [1.165, 1.54) is 30.5 Å². The quantitative estimate of drug-likeness (QED) is 0.382. The van der Waals surface area contributed by atoms with Gasteiger partial charge >= 0.3 is 11.9 Å². The van der Waals surface area contributed by atoms with E-state index in [1.807, 2.05) is 0 Å². The highest BCUT2D eigenvalue weighted by Gasteiger charge is 2.44. The summed E-state index contributed by atoms with van der Waals surface area (Å²) in [6.45, 7) is 0.317. The first kappa shape index (κ1) is 23.1. The molecule has 1 aromatic carbocycles. The molecule has 1 amide bonds. The standard InChI is InChI=1S/C16H13F3N6O5S2/c1-9-13(25(27)28)14(16(17,18)19)22-24(9)8-12(26)21-10-2-4-11(5-3-10)32(29,30)23-15-20-6-7-31-15/h2-7H,8H2,1H3,(H,20,23)(H,21,26). The van der Waals surface area contributed by atoms with Crippen LogP contribution in [0.2, 0.25) is 0 Å². The van der Waals surface area contributed by atoms with E-state index in [4.69, 9.17) is 0 Å². The summed E-state index contributed by atoms with van der Waals surface area (Å²) < 4.78 is 66.4. The monoisotopic (exact) mass is 490 g/mol. The molecule has 32 heavy (non-hydrogen) atoms. The van der Waals surface area contributed by atoms with Crippen molar-refractivity contribution in [3.05, 3.63) is 57.3 Å². The van der Waals surface area contributed by atoms with Crippen molar-refractivity contribution in [3.8, 4) is 0 Å². The van der Waals surface area contributed by atoms with Gasteiger partial charge in [-0.3, -0.25) is 24.3 Å². The lowest BCUT2D eigenvalue weighted by molar-refractivity contribution is -0.388. The molecule has 0 saturated heterocycles. The lowest BCUT2D eigenvalue weighted by Crippen LogP contribution is -2.21. The van der Waals surface area contributed by atoms with Gasteiger partial charge in [0.15, 0.2) is 5.13 Å². The molecule has 0 spiro atoms. The van der Waals surface area contributed by atoms with E-state index in [-0.39, 0.29) is 15.7 Å². The van der Waals surface area contributed by atoms with Gasteiger partial charge in [-0.15, -0.1) is 11.3 Å². The second-order valence-electron chi connectivity index (χ2n) is 6.21. The van der Waals surface area contributed by atoms with Crippen molar-refractivity contribution in [2.24, 2.45) is 0 Å². The number of sulfonamides is 1. The molecule has 170 valence electrons. The second kappa shape index (κ2) is 8.54. The van der Waals surface area contributed by atoms with Crippen molar-refractivity contribution < 1.29 is 31.3 Å². The molecule has 16 heteroatoms. The highest BCUT2D eigenvalue weighted by Crippen LogP contribution is 2.36. The fourth-order valence-corrected chi connectivity index (χ4v) is 4.39. The number of halogens is 3. The van der Waals surface area contributed by atoms with E-state index >= 15 is 0 Å². The molecule has 2 N–H and O–H groups in total. The number of hydrogen-bond acceptors (Lipinski definition) is 8. The van der Waals surface area contributed by atoms with Crippen molar-refractivity contribution in [1.82, 2.24) is 14.8 Å². The third-order valence-electron chi connectivity index (χ3n) is 4.02. The maximum absolute atomic E-state index is 13.0. The maximum Gasteiger partial charge on any atom is 0.442 e. The highest BCUT2D eigenvalue weighted by atomic mass is 32.2. The minimum absolute atomic E-state index is 0.112. The maximum atomic E-state index is 13.0. The molecule has 0 unspecified atom stereocenters. The summed E-state index contributed by atoms with van der Waals surface area (Å²) in [5, 5.41) is 18.3. The zero-order chi connectivity index (χ0) is 23.7. The van der Waals surface area contributed by atoms with Crippen LogP contribution in [0.1, 0.15) is 11.4 Å². The van der Waals surface area contributed by atoms with E-state index in [9.17, 15) is 36.5 Å². The normalized spacial score (nSPS) is 11.9. The Labute approximate surface area is 182 Å². The number of carbonyl (C=O) groups is 1. The molecule has 0 saturated carbocycles. The minimum Gasteiger partial charge on any atom is -0.324 e. The Morgan fingerprint density at radius 2 is 1.94 bits per heavy atom. The first-order valence-electron chi connectivity index (χ1n) is 8.49. The summed E-state index contributed by atoms with van der Waals surface area (Å²) in [5.41, 5.74) is -3.21. The third kappa shape index (κ3) is 5.02. The first-order chi connectivity index (χ1) is 14.9. The summed E-state index contributed by atoms with van der Waals surface area (Å²) in [5.74, 6) is -0.823. The predicted molar refractivity (Wildman–Crippen MR) is 107 cm³/mol. The molecule has 0 aliphatic rings. The first-order valence-corrected chi connectivity index (χ1v) is 10.9. The van der Waals surface area contributed by atoms with Gasteiger partial charge in [-0.25, -0.2) is 13.4 Å². The highest BCUT2D eigenvalue weighted by molar-refractivity contribution is 7.93. The van der Waals surface area contributed by atoms with Crippen LogP contribution in [0.3, 0.4) is 0 Å². The Kier molecular flexibility index (Phi) is 6.18. The Bertz CT molecular complexity index is 1250. The van der Waals surface area contributed by atoms with Gasteiger partial charge < -0.3 is 5.32 Å². The van der Waals surface area contributed by atoms with E-state index in [0.717, 1.165) is 18.3 Å². The van der Waals surface area contributed by atoms with Crippen molar-refractivity contribution >= 4 is 43.8 Å². The summed E-state index contributed by atoms with van der Waals surface area (Å²) in [6, 6.07) is 4.95. The van der Waals surface area contributed by atoms with Gasteiger partial charge in [0.05, 0.1) is 9.82 Å². The van der Waals surface area contributed by atoms with Crippen molar-refractivity contribution in [3.63, 3.8) is 0 Å². The van der Waals surface area contributed by atoms with E-state index in [2.05, 4.69) is 20.1 Å². The van der Waals surface area contributed by atoms with Crippen LogP contribution in [0.4, 0.5) is 29.7 Å². The van der Waals surface area contributed by atoms with Crippen molar-refractivity contribution in [1.29, 1.82) is 0 Å². The number of rotatable bonds is 7. The van der Waals surface area contributed by atoms with Gasteiger partial charge in [-0.05, 0) is 31.2 Å². The summed E-state index contributed by atoms with van der Waals surface area (Å²) in [6.07, 6.45) is -3.64. The van der Waals surface area contributed by atoms with Crippen LogP contribution in [0.25, 0.3) is 0 Å². The largest absolute Gasteiger partial charge is 0.442 e. The SMILES string of the molecule is Cc1c([N+](=O)[O-])c(C(F)(F)F)nn1CC(=O)Nc1ccc(S(=O)(=O)Nc2nccs2)cc1. The van der Waals surface area contributed by atoms with Crippen LogP contribution in [0, 0.1) is 17.0 Å². The van der Waals surface area contributed by atoms with Crippen molar-refractivity contribution in [2.75, 3.05) is 10.0 Å². The van der Waals surface area contributed by atoms with E-state index in [1.54, 1.807) is 5.38 Å². The zero-order valence-electron chi connectivity index (χ0n) is 16.0. The van der Waals surface area contributed by atoms with Crippen LogP contribution in [-0.4, -0.2) is 34.0 Å². The van der Waals surface area contributed by atoms with Gasteiger partial charge in [0.25, 0.3) is 10.0 Å². The summed E-state index contributed by atoms with van der Waals surface area (Å²) >= 11 is 1.08. The number of nitro groups is 1. The number of aromatic nitrogens is 3. The van der Waals surface area contributed by atoms with Gasteiger partial charge in [-0.2, -0.15) is 18.3 Å². The number of thiazole rings is 1. The Hall–Kier alpha value is -3.53. The number of benzene rings is 1. The van der Waals surface area contributed by atoms with Gasteiger partial charge in [-0.1, -0.05) is 0 Å². The van der Waals surface area contributed by atoms with Crippen LogP contribution in [0.5, 0.6) is 0 Å². The molecule has 3 aromatic rings. The van der Waals surface area contributed by atoms with E-state index in [0.29, 0.717) is 4.68 Å². The Morgan fingerprint density at radius 3 is 2.44 bits per heavy atom. The number of hydrogen-bond donors (Lipinski definition) is 2. The number of amides is 1. The fourth-order valence-electron chi connectivity index (χ4n) is 2.60. The van der Waals surface area contributed by atoms with Crippen LogP contribution in [-0.2, 0) is 27.5 Å². The topological polar surface area (TPSA) is 149 Å². The molecule has 3 rings (SSSR count). The van der Waals surface area contributed by atoms with Crippen LogP contribution in [0.15, 0.2) is 40.7 Å². The van der Waals surface area contributed by atoms with Crippen molar-refractivity contribution in [2.45, 2.75) is 24.5 Å². The predicted octanol–water partition coefficient (Wildman–Crippen LogP) is 3.01. The fraction of sp³-hybridized carbons (Fsp3) is 0.188. The van der Waals surface area contributed by atoms with Crippen LogP contribution >= 0.6 is 11.3 Å². The number of anilines is 2. The molecular formula is C16H13F3N6O5S2. The average Bonchev–Trinajstić information content (AvgIpc) is 3.29. The molecule has 0 aliphatic carbocycles. The summed E-state index contributed by atoms with van der Waals surface area (Å²) in [4.78, 5) is 25.7. The minimum atomic E-state index is -5.07. The number of carbonyl (C=O) groups excluding carboxylic acids is 1. The number of nitrogens with zero attached hydrogens (tertiary/aromatic N) is 4. The molecule has 0 aliphatic heterocycles. The zero-order valence-corrected chi connectivity index (χ0v) is 17.6. The van der Waals surface area contributed by atoms with Gasteiger partial charge in [0, 0.05) is 17.3 Å². The molecule has 2 aromatic heterocycles. The van der Waals surface area contributed by atoms with Gasteiger partial charge in [0.1, 0.15) is 12.2 Å². The van der Waals surface area contributed by atoms with E-state index < -0.39 is 50.7 Å². The Morgan fingerprint density at radius 1 is 1.28 bits per heavy atom. The molecular weight excluding hydrogens is 477 g/mol. The third-order valence-corrected chi connectivity index (χ3v) is 6.19. The average molecular weight is 490 g/mol. The van der Waals surface area contributed by atoms with Gasteiger partial charge in [0.2, 0.25) is 11.6 Å². The Balaban J connectivity index is 1.73. The lowest BCUT2D eigenvalue weighted by Gasteiger charge is -2.08. The molecule has 11 nitrogen and oxygen atoms in total. The number of alkyl halides is 3. The molecule has 0 atom stereocenters.